The molecule has 0 aromatic heterocycles. The lowest BCUT2D eigenvalue weighted by Gasteiger charge is -2.25. The highest BCUT2D eigenvalue weighted by atomic mass is 16.3. The van der Waals surface area contributed by atoms with Crippen LogP contribution in [0.25, 0.3) is 0 Å². The van der Waals surface area contributed by atoms with Crippen molar-refractivity contribution in [2.24, 2.45) is 16.5 Å². The molecule has 0 saturated heterocycles. The number of nitrogens with zero attached hydrogens (tertiary/aromatic N) is 1. The molecule has 7 N–H and O–H groups in total. The zero-order valence-corrected chi connectivity index (χ0v) is 21.3. The number of nitrogens with one attached hydrogen (secondary N) is 2. The second kappa shape index (κ2) is 12.9. The average Bonchev–Trinajstić information content (AvgIpc) is 3.29. The van der Waals surface area contributed by atoms with E-state index in [0.717, 1.165) is 22.3 Å². The minimum Gasteiger partial charge on any atom is -0.396 e. The van der Waals surface area contributed by atoms with Gasteiger partial charge in [-0.1, -0.05) is 84.9 Å². The largest absolute Gasteiger partial charge is 0.396 e. The van der Waals surface area contributed by atoms with Gasteiger partial charge < -0.3 is 27.2 Å². The molecule has 2 amide bonds. The summed E-state index contributed by atoms with van der Waals surface area (Å²) < 4.78 is 0. The van der Waals surface area contributed by atoms with Crippen molar-refractivity contribution in [2.75, 3.05) is 13.2 Å². The molecule has 1 aliphatic carbocycles. The van der Waals surface area contributed by atoms with Gasteiger partial charge >= 0.3 is 0 Å². The number of hydrogen-bond acceptors (Lipinski definition) is 4. The quantitative estimate of drug-likeness (QED) is 0.152. The molecule has 0 saturated carbocycles. The number of amides is 2. The maximum Gasteiger partial charge on any atom is 0.243 e. The van der Waals surface area contributed by atoms with Crippen LogP contribution < -0.4 is 22.1 Å². The molecule has 8 nitrogen and oxygen atoms in total. The van der Waals surface area contributed by atoms with Gasteiger partial charge in [0.1, 0.15) is 6.04 Å². The Balaban J connectivity index is 1.55. The number of guanidine groups is 1. The highest BCUT2D eigenvalue weighted by Gasteiger charge is 2.34. The number of aliphatic imine (C=N–C) groups is 1. The van der Waals surface area contributed by atoms with Crippen LogP contribution in [0.2, 0.25) is 0 Å². The Morgan fingerprint density at radius 1 is 0.868 bits per heavy atom. The zero-order valence-electron chi connectivity index (χ0n) is 21.3. The van der Waals surface area contributed by atoms with Gasteiger partial charge in [0, 0.05) is 12.5 Å². The van der Waals surface area contributed by atoms with Crippen LogP contribution in [0.4, 0.5) is 0 Å². The summed E-state index contributed by atoms with van der Waals surface area (Å²) in [6.45, 7) is 0.361. The van der Waals surface area contributed by atoms with E-state index < -0.39 is 12.0 Å². The van der Waals surface area contributed by atoms with Crippen LogP contribution in [0, 0.1) is 0 Å². The predicted molar refractivity (Wildman–Crippen MR) is 148 cm³/mol. The van der Waals surface area contributed by atoms with E-state index in [1.165, 1.54) is 0 Å². The van der Waals surface area contributed by atoms with Crippen LogP contribution in [-0.4, -0.2) is 42.1 Å². The van der Waals surface area contributed by atoms with Crippen LogP contribution in [0.15, 0.2) is 89.9 Å². The second-order valence-electron chi connectivity index (χ2n) is 9.57. The van der Waals surface area contributed by atoms with Gasteiger partial charge in [-0.05, 0) is 41.5 Å². The summed E-state index contributed by atoms with van der Waals surface area (Å²) >= 11 is 0. The SMILES string of the molecule is NC(N)=NCCCC(NC(=O)C(c1ccccc1)c1ccccc1)C(=O)N[C@@H]1C[C@H](CO)c2ccccc21. The van der Waals surface area contributed by atoms with E-state index in [4.69, 9.17) is 11.5 Å². The molecule has 8 heteroatoms. The van der Waals surface area contributed by atoms with Crippen molar-refractivity contribution in [3.63, 3.8) is 0 Å². The zero-order chi connectivity index (χ0) is 26.9. The van der Waals surface area contributed by atoms with Crippen molar-refractivity contribution in [3.05, 3.63) is 107 Å². The fourth-order valence-corrected chi connectivity index (χ4v) is 5.13. The number of carbonyl (C=O) groups excluding carboxylic acids is 2. The van der Waals surface area contributed by atoms with Gasteiger partial charge in [0.2, 0.25) is 11.8 Å². The lowest BCUT2D eigenvalue weighted by molar-refractivity contribution is -0.130. The minimum atomic E-state index is -0.785. The molecule has 0 heterocycles. The molecule has 3 atom stereocenters. The highest BCUT2D eigenvalue weighted by Crippen LogP contribution is 2.39. The Labute approximate surface area is 223 Å². The molecular weight excluding hydrogens is 478 g/mol. The molecule has 0 fully saturated rings. The van der Waals surface area contributed by atoms with E-state index in [1.54, 1.807) is 0 Å². The van der Waals surface area contributed by atoms with E-state index in [9.17, 15) is 14.7 Å². The maximum atomic E-state index is 13.7. The van der Waals surface area contributed by atoms with Crippen molar-refractivity contribution < 1.29 is 14.7 Å². The van der Waals surface area contributed by atoms with E-state index in [-0.39, 0.29) is 36.3 Å². The number of hydrogen-bond donors (Lipinski definition) is 5. The summed E-state index contributed by atoms with van der Waals surface area (Å²) in [7, 11) is 0. The first-order valence-electron chi connectivity index (χ1n) is 12.9. The number of benzene rings is 3. The first-order chi connectivity index (χ1) is 18.5. The summed E-state index contributed by atoms with van der Waals surface area (Å²) in [5.74, 6) is -1.16. The van der Waals surface area contributed by atoms with Crippen molar-refractivity contribution in [1.82, 2.24) is 10.6 Å². The summed E-state index contributed by atoms with van der Waals surface area (Å²) in [5.41, 5.74) is 14.6. The lowest BCUT2D eigenvalue weighted by Crippen LogP contribution is -2.49. The van der Waals surface area contributed by atoms with Gasteiger partial charge in [-0.15, -0.1) is 0 Å². The number of nitrogens with two attached hydrogens (primary N) is 2. The maximum absolute atomic E-state index is 13.7. The molecule has 3 aromatic carbocycles. The molecule has 0 bridgehead atoms. The fraction of sp³-hybridized carbons (Fsp3) is 0.300. The number of aliphatic hydroxyl groups excluding tert-OH is 1. The van der Waals surface area contributed by atoms with Crippen LogP contribution in [0.3, 0.4) is 0 Å². The Hall–Kier alpha value is -4.17. The Bertz CT molecular complexity index is 1210. The minimum absolute atomic E-state index is 0.0118. The molecule has 3 aromatic rings. The summed E-state index contributed by atoms with van der Waals surface area (Å²) in [4.78, 5) is 31.4. The van der Waals surface area contributed by atoms with Gasteiger partial charge in [0.15, 0.2) is 5.96 Å². The number of carbonyl (C=O) groups is 2. The van der Waals surface area contributed by atoms with E-state index in [2.05, 4.69) is 15.6 Å². The number of aliphatic hydroxyl groups is 1. The Morgan fingerprint density at radius 2 is 1.45 bits per heavy atom. The molecule has 0 aliphatic heterocycles. The van der Waals surface area contributed by atoms with Gasteiger partial charge in [-0.3, -0.25) is 14.6 Å². The number of rotatable bonds is 11. The third-order valence-electron chi connectivity index (χ3n) is 6.97. The van der Waals surface area contributed by atoms with Gasteiger partial charge in [0.05, 0.1) is 18.6 Å². The molecule has 1 unspecified atom stereocenters. The van der Waals surface area contributed by atoms with Crippen molar-refractivity contribution in [2.45, 2.75) is 43.2 Å². The first-order valence-corrected chi connectivity index (χ1v) is 12.9. The average molecular weight is 514 g/mol. The molecule has 1 aliphatic rings. The summed E-state index contributed by atoms with van der Waals surface area (Å²) in [5, 5.41) is 16.0. The van der Waals surface area contributed by atoms with Crippen molar-refractivity contribution >= 4 is 17.8 Å². The van der Waals surface area contributed by atoms with Gasteiger partial charge in [-0.25, -0.2) is 0 Å². The van der Waals surface area contributed by atoms with E-state index in [0.29, 0.717) is 25.8 Å². The normalized spacial score (nSPS) is 16.9. The summed E-state index contributed by atoms with van der Waals surface area (Å²) in [6.07, 6.45) is 1.48. The van der Waals surface area contributed by atoms with E-state index >= 15 is 0 Å². The third-order valence-corrected chi connectivity index (χ3v) is 6.97. The molecule has 38 heavy (non-hydrogen) atoms. The van der Waals surface area contributed by atoms with Crippen LogP contribution in [-0.2, 0) is 9.59 Å². The topological polar surface area (TPSA) is 143 Å². The first kappa shape index (κ1) is 26.9. The Kier molecular flexibility index (Phi) is 9.11. The standard InChI is InChI=1S/C30H35N5O3/c31-30(32)33-17-9-16-25(28(37)35-26-18-22(19-36)23-14-7-8-15-24(23)26)34-29(38)27(20-10-3-1-4-11-20)21-12-5-2-6-13-21/h1-8,10-15,22,25-27,36H,9,16-19H2,(H,34,38)(H,35,37)(H4,31,32,33)/t22-,25?,26-/m1/s1. The third kappa shape index (κ3) is 6.58. The molecule has 4 rings (SSSR count). The predicted octanol–water partition coefficient (Wildman–Crippen LogP) is 2.69. The van der Waals surface area contributed by atoms with Crippen molar-refractivity contribution in [3.8, 4) is 0 Å². The molecule has 0 spiro atoms. The highest BCUT2D eigenvalue weighted by molar-refractivity contribution is 5.92. The fourth-order valence-electron chi connectivity index (χ4n) is 5.13. The van der Waals surface area contributed by atoms with Crippen molar-refractivity contribution in [1.29, 1.82) is 0 Å². The van der Waals surface area contributed by atoms with Crippen LogP contribution in [0.5, 0.6) is 0 Å². The Morgan fingerprint density at radius 3 is 2.03 bits per heavy atom. The number of fused-ring (bicyclic) bond motifs is 1. The monoisotopic (exact) mass is 513 g/mol. The van der Waals surface area contributed by atoms with Crippen LogP contribution >= 0.6 is 0 Å². The lowest BCUT2D eigenvalue weighted by atomic mass is 9.90. The molecule has 0 radical (unpaired) electrons. The van der Waals surface area contributed by atoms with Gasteiger partial charge in [-0.2, -0.15) is 0 Å². The second-order valence-corrected chi connectivity index (χ2v) is 9.57. The molecule has 198 valence electrons. The van der Waals surface area contributed by atoms with E-state index in [1.807, 2.05) is 84.9 Å². The molecular formula is C30H35N5O3. The summed E-state index contributed by atoms with van der Waals surface area (Å²) in [6, 6.07) is 25.8. The van der Waals surface area contributed by atoms with Gasteiger partial charge in [0.25, 0.3) is 0 Å². The smallest absolute Gasteiger partial charge is 0.243 e. The van der Waals surface area contributed by atoms with Crippen LogP contribution in [0.1, 0.15) is 59.4 Å².